The molecular weight excluding hydrogens is 358 g/mol. The minimum absolute atomic E-state index is 0. The molecule has 5 heteroatoms. The highest BCUT2D eigenvalue weighted by atomic mass is 35.5. The van der Waals surface area contributed by atoms with Gasteiger partial charge in [0.1, 0.15) is 0 Å². The number of likely N-dealkylation sites (tertiary alicyclic amines) is 1. The SMILES string of the molecule is CC(C)[C@@H](CN1CCCC1)NC(=O)C1(c2cnc3ccccc3c2)CC1.Cl. The van der Waals surface area contributed by atoms with Gasteiger partial charge in [-0.3, -0.25) is 9.78 Å². The fraction of sp³-hybridized carbons (Fsp3) is 0.545. The lowest BCUT2D eigenvalue weighted by Gasteiger charge is -2.29. The van der Waals surface area contributed by atoms with Gasteiger partial charge in [0.15, 0.2) is 0 Å². The van der Waals surface area contributed by atoms with Gasteiger partial charge in [0.05, 0.1) is 10.9 Å². The van der Waals surface area contributed by atoms with Crippen molar-refractivity contribution >= 4 is 29.2 Å². The van der Waals surface area contributed by atoms with E-state index < -0.39 is 0 Å². The fourth-order valence-electron chi connectivity index (χ4n) is 4.08. The summed E-state index contributed by atoms with van der Waals surface area (Å²) in [5.74, 6) is 0.623. The fourth-order valence-corrected chi connectivity index (χ4v) is 4.08. The number of hydrogen-bond acceptors (Lipinski definition) is 3. The van der Waals surface area contributed by atoms with Gasteiger partial charge >= 0.3 is 0 Å². The van der Waals surface area contributed by atoms with Crippen molar-refractivity contribution in [3.8, 4) is 0 Å². The van der Waals surface area contributed by atoms with Gasteiger partial charge in [0.2, 0.25) is 5.91 Å². The summed E-state index contributed by atoms with van der Waals surface area (Å²) in [4.78, 5) is 20.3. The summed E-state index contributed by atoms with van der Waals surface area (Å²) in [6, 6.07) is 10.5. The van der Waals surface area contributed by atoms with Gasteiger partial charge in [-0.25, -0.2) is 0 Å². The minimum atomic E-state index is -0.366. The Balaban J connectivity index is 0.00000210. The summed E-state index contributed by atoms with van der Waals surface area (Å²) in [7, 11) is 0. The molecule has 0 unspecified atom stereocenters. The largest absolute Gasteiger partial charge is 0.351 e. The second-order valence-corrected chi connectivity index (χ2v) is 8.33. The minimum Gasteiger partial charge on any atom is -0.351 e. The maximum Gasteiger partial charge on any atom is 0.230 e. The predicted molar refractivity (Wildman–Crippen MR) is 112 cm³/mol. The molecule has 1 amide bonds. The quantitative estimate of drug-likeness (QED) is 0.816. The summed E-state index contributed by atoms with van der Waals surface area (Å²) in [6.45, 7) is 7.71. The average molecular weight is 388 g/mol. The number of benzene rings is 1. The number of para-hydroxylation sites is 1. The van der Waals surface area contributed by atoms with Crippen LogP contribution in [-0.4, -0.2) is 41.5 Å². The number of nitrogens with zero attached hydrogens (tertiary/aromatic N) is 2. The molecule has 4 rings (SSSR count). The molecule has 27 heavy (non-hydrogen) atoms. The molecule has 2 aromatic rings. The van der Waals surface area contributed by atoms with Gasteiger partial charge in [-0.2, -0.15) is 0 Å². The van der Waals surface area contributed by atoms with Crippen LogP contribution in [0, 0.1) is 5.92 Å². The van der Waals surface area contributed by atoms with Gasteiger partial charge in [0.25, 0.3) is 0 Å². The van der Waals surface area contributed by atoms with Crippen molar-refractivity contribution in [2.75, 3.05) is 19.6 Å². The first-order valence-electron chi connectivity index (χ1n) is 9.97. The lowest BCUT2D eigenvalue weighted by molar-refractivity contribution is -0.124. The van der Waals surface area contributed by atoms with E-state index in [1.54, 1.807) is 0 Å². The predicted octanol–water partition coefficient (Wildman–Crippen LogP) is 3.92. The highest BCUT2D eigenvalue weighted by Gasteiger charge is 2.52. The maximum atomic E-state index is 13.2. The van der Waals surface area contributed by atoms with E-state index in [0.29, 0.717) is 5.92 Å². The zero-order valence-corrected chi connectivity index (χ0v) is 17.1. The molecule has 0 bridgehead atoms. The molecular formula is C22H30ClN3O. The zero-order valence-electron chi connectivity index (χ0n) is 16.3. The summed E-state index contributed by atoms with van der Waals surface area (Å²) >= 11 is 0. The monoisotopic (exact) mass is 387 g/mol. The maximum absolute atomic E-state index is 13.2. The van der Waals surface area contributed by atoms with Crippen LogP contribution in [0.1, 0.15) is 45.1 Å². The molecule has 1 aliphatic carbocycles. The lowest BCUT2D eigenvalue weighted by Crippen LogP contribution is -2.49. The number of rotatable bonds is 6. The summed E-state index contributed by atoms with van der Waals surface area (Å²) in [5.41, 5.74) is 1.69. The molecule has 2 aliphatic rings. The molecule has 1 aromatic carbocycles. The van der Waals surface area contributed by atoms with Crippen LogP contribution in [0.15, 0.2) is 36.5 Å². The molecule has 1 N–H and O–H groups in total. The van der Waals surface area contributed by atoms with Crippen LogP contribution in [0.2, 0.25) is 0 Å². The summed E-state index contributed by atoms with van der Waals surface area (Å²) in [6.07, 6.45) is 6.32. The van der Waals surface area contributed by atoms with E-state index >= 15 is 0 Å². The summed E-state index contributed by atoms with van der Waals surface area (Å²) in [5, 5.41) is 4.50. The molecule has 1 saturated carbocycles. The standard InChI is InChI=1S/C22H29N3O.ClH/c1-16(2)20(15-25-11-5-6-12-25)24-21(26)22(9-10-22)18-13-17-7-3-4-8-19(17)23-14-18;/h3-4,7-8,13-14,16,20H,5-6,9-12,15H2,1-2H3,(H,24,26);1H/t20-;/m1./s1. The van der Waals surface area contributed by atoms with E-state index in [1.165, 1.54) is 25.9 Å². The smallest absolute Gasteiger partial charge is 0.230 e. The molecule has 1 atom stereocenters. The third-order valence-corrected chi connectivity index (χ3v) is 6.10. The lowest BCUT2D eigenvalue weighted by atomic mass is 9.93. The third kappa shape index (κ3) is 4.12. The molecule has 1 aromatic heterocycles. The van der Waals surface area contributed by atoms with E-state index in [0.717, 1.165) is 35.9 Å². The van der Waals surface area contributed by atoms with Gasteiger partial charge < -0.3 is 10.2 Å². The normalized spacial score (nSPS) is 19.7. The Hall–Kier alpha value is -1.65. The Morgan fingerprint density at radius 3 is 2.59 bits per heavy atom. The van der Waals surface area contributed by atoms with E-state index in [2.05, 4.69) is 41.2 Å². The van der Waals surface area contributed by atoms with Crippen molar-refractivity contribution in [3.05, 3.63) is 42.1 Å². The first-order valence-corrected chi connectivity index (χ1v) is 9.97. The number of fused-ring (bicyclic) bond motifs is 1. The van der Waals surface area contributed by atoms with Crippen LogP contribution < -0.4 is 5.32 Å². The topological polar surface area (TPSA) is 45.2 Å². The Labute approximate surface area is 168 Å². The van der Waals surface area contributed by atoms with Crippen LogP contribution in [0.25, 0.3) is 10.9 Å². The molecule has 1 saturated heterocycles. The number of amides is 1. The van der Waals surface area contributed by atoms with Crippen molar-refractivity contribution in [2.24, 2.45) is 5.92 Å². The van der Waals surface area contributed by atoms with Gasteiger partial charge in [-0.15, -0.1) is 12.4 Å². The van der Waals surface area contributed by atoms with E-state index in [1.807, 2.05) is 24.4 Å². The van der Waals surface area contributed by atoms with Crippen LogP contribution in [0.5, 0.6) is 0 Å². The number of aromatic nitrogens is 1. The van der Waals surface area contributed by atoms with Crippen molar-refractivity contribution in [1.29, 1.82) is 0 Å². The molecule has 2 heterocycles. The van der Waals surface area contributed by atoms with Crippen LogP contribution in [0.4, 0.5) is 0 Å². The van der Waals surface area contributed by atoms with Crippen molar-refractivity contribution in [3.63, 3.8) is 0 Å². The van der Waals surface area contributed by atoms with E-state index in [9.17, 15) is 4.79 Å². The Bertz CT molecular complexity index is 797. The second kappa shape index (κ2) is 8.15. The van der Waals surface area contributed by atoms with Crippen LogP contribution >= 0.6 is 12.4 Å². The molecule has 2 fully saturated rings. The van der Waals surface area contributed by atoms with Gasteiger partial charge in [-0.05, 0) is 62.4 Å². The van der Waals surface area contributed by atoms with Crippen molar-refractivity contribution in [1.82, 2.24) is 15.2 Å². The zero-order chi connectivity index (χ0) is 18.1. The summed E-state index contributed by atoms with van der Waals surface area (Å²) < 4.78 is 0. The molecule has 1 aliphatic heterocycles. The molecule has 4 nitrogen and oxygen atoms in total. The van der Waals surface area contributed by atoms with Gasteiger partial charge in [0, 0.05) is 24.2 Å². The van der Waals surface area contributed by atoms with E-state index in [-0.39, 0.29) is 29.8 Å². The number of halogens is 1. The average Bonchev–Trinajstić information content (AvgIpc) is 3.31. The second-order valence-electron chi connectivity index (χ2n) is 8.33. The van der Waals surface area contributed by atoms with Gasteiger partial charge in [-0.1, -0.05) is 32.0 Å². The number of pyridine rings is 1. The van der Waals surface area contributed by atoms with Crippen LogP contribution in [-0.2, 0) is 10.2 Å². The Morgan fingerprint density at radius 2 is 1.93 bits per heavy atom. The van der Waals surface area contributed by atoms with Crippen molar-refractivity contribution < 1.29 is 4.79 Å². The number of hydrogen-bond donors (Lipinski definition) is 1. The Kier molecular flexibility index (Phi) is 6.07. The highest BCUT2D eigenvalue weighted by Crippen LogP contribution is 2.48. The first-order chi connectivity index (χ1) is 12.6. The highest BCUT2D eigenvalue weighted by molar-refractivity contribution is 5.92. The molecule has 0 radical (unpaired) electrons. The molecule has 0 spiro atoms. The Morgan fingerprint density at radius 1 is 1.22 bits per heavy atom. The number of carbonyl (C=O) groups is 1. The van der Waals surface area contributed by atoms with Crippen molar-refractivity contribution in [2.45, 2.75) is 51.0 Å². The first kappa shape index (κ1) is 20.1. The third-order valence-electron chi connectivity index (χ3n) is 6.10. The molecule has 146 valence electrons. The van der Waals surface area contributed by atoms with Crippen LogP contribution in [0.3, 0.4) is 0 Å². The number of carbonyl (C=O) groups excluding carboxylic acids is 1. The number of nitrogens with one attached hydrogen (secondary N) is 1. The van der Waals surface area contributed by atoms with E-state index in [4.69, 9.17) is 0 Å².